The van der Waals surface area contributed by atoms with Crippen molar-refractivity contribution in [2.75, 3.05) is 0 Å². The summed E-state index contributed by atoms with van der Waals surface area (Å²) in [6, 6.07) is 3.16. The molecule has 0 rings (SSSR count). The number of hydrogen-bond acceptors (Lipinski definition) is 4. The maximum Gasteiger partial charge on any atom is 0.233 e. The minimum atomic E-state index is -3.78. The average Bonchev–Trinajstić information content (AvgIpc) is 2.12. The molecule has 102 valence electrons. The first-order valence-corrected chi connectivity index (χ1v) is 7.49. The van der Waals surface area contributed by atoms with Crippen molar-refractivity contribution in [3.8, 4) is 12.1 Å². The van der Waals surface area contributed by atoms with Crippen LogP contribution >= 0.6 is 0 Å². The summed E-state index contributed by atoms with van der Waals surface area (Å²) in [4.78, 5) is 0. The molecule has 0 fully saturated rings. The number of nitrogens with zero attached hydrogens (tertiary/aromatic N) is 2. The van der Waals surface area contributed by atoms with Gasteiger partial charge in [0, 0.05) is 0 Å². The van der Waals surface area contributed by atoms with Crippen molar-refractivity contribution in [1.29, 1.82) is 10.5 Å². The van der Waals surface area contributed by atoms with Crippen LogP contribution in [0.1, 0.15) is 48.0 Å². The molecular formula is C13H22N2O2S. The monoisotopic (exact) mass is 270 g/mol. The molecule has 0 N–H and O–H groups in total. The number of hydrogen-bond donors (Lipinski definition) is 0. The molecule has 0 aromatic rings. The molecule has 0 spiro atoms. The van der Waals surface area contributed by atoms with E-state index in [0.717, 1.165) is 0 Å². The second-order valence-corrected chi connectivity index (χ2v) is 9.07. The second-order valence-electron chi connectivity index (χ2n) is 6.85. The first-order chi connectivity index (χ1) is 7.86. The van der Waals surface area contributed by atoms with Crippen LogP contribution in [-0.2, 0) is 9.84 Å². The third kappa shape index (κ3) is 4.31. The van der Waals surface area contributed by atoms with Gasteiger partial charge in [-0.25, -0.2) is 8.42 Å². The Morgan fingerprint density at radius 3 is 1.61 bits per heavy atom. The highest BCUT2D eigenvalue weighted by molar-refractivity contribution is 7.93. The fourth-order valence-electron chi connectivity index (χ4n) is 1.81. The Labute approximate surface area is 111 Å². The third-order valence-electron chi connectivity index (χ3n) is 2.72. The highest BCUT2D eigenvalue weighted by Gasteiger charge is 2.43. The van der Waals surface area contributed by atoms with Gasteiger partial charge in [-0.1, -0.05) is 41.5 Å². The van der Waals surface area contributed by atoms with E-state index in [0.29, 0.717) is 6.42 Å². The normalized spacial score (nSPS) is 14.9. The molecule has 0 amide bonds. The molecule has 4 nitrogen and oxygen atoms in total. The van der Waals surface area contributed by atoms with Gasteiger partial charge >= 0.3 is 0 Å². The molecule has 0 aromatic carbocycles. The molecule has 0 radical (unpaired) electrons. The molecule has 0 aliphatic rings. The molecule has 0 saturated heterocycles. The summed E-state index contributed by atoms with van der Waals surface area (Å²) in [7, 11) is -3.78. The molecule has 5 heteroatoms. The maximum absolute atomic E-state index is 12.4. The third-order valence-corrected chi connectivity index (χ3v) is 5.26. The minimum absolute atomic E-state index is 0.180. The largest absolute Gasteiger partial charge is 0.233 e. The van der Waals surface area contributed by atoms with Gasteiger partial charge in [0.05, 0.1) is 17.4 Å². The number of nitriles is 2. The Morgan fingerprint density at radius 1 is 1.00 bits per heavy atom. The Balaban J connectivity index is 5.65. The van der Waals surface area contributed by atoms with Gasteiger partial charge in [-0.2, -0.15) is 10.5 Å². The van der Waals surface area contributed by atoms with Gasteiger partial charge in [-0.05, 0) is 17.3 Å². The van der Waals surface area contributed by atoms with E-state index in [9.17, 15) is 8.42 Å². The molecular weight excluding hydrogens is 248 g/mol. The number of sulfone groups is 1. The fourth-order valence-corrected chi connectivity index (χ4v) is 4.15. The van der Waals surface area contributed by atoms with Gasteiger partial charge in [-0.3, -0.25) is 0 Å². The quantitative estimate of drug-likeness (QED) is 0.789. The minimum Gasteiger partial charge on any atom is -0.226 e. The van der Waals surface area contributed by atoms with Crippen LogP contribution in [0, 0.1) is 33.5 Å². The van der Waals surface area contributed by atoms with Crippen molar-refractivity contribution in [2.24, 2.45) is 10.8 Å². The van der Waals surface area contributed by atoms with Crippen LogP contribution in [0.3, 0.4) is 0 Å². The summed E-state index contributed by atoms with van der Waals surface area (Å²) >= 11 is 0. The summed E-state index contributed by atoms with van der Waals surface area (Å²) < 4.78 is 24.7. The van der Waals surface area contributed by atoms with Gasteiger partial charge in [0.25, 0.3) is 0 Å². The Hall–Kier alpha value is -1.07. The highest BCUT2D eigenvalue weighted by Crippen LogP contribution is 2.36. The zero-order valence-corrected chi connectivity index (χ0v) is 12.8. The van der Waals surface area contributed by atoms with E-state index in [1.54, 1.807) is 12.1 Å². The van der Waals surface area contributed by atoms with Crippen molar-refractivity contribution in [3.63, 3.8) is 0 Å². The standard InChI is InChI=1S/C13H22N2O2S/c1-12(2,3)7-11(13(4,5)6)18(16,17)10(8-14)9-15/h10-11H,7H2,1-6H3. The van der Waals surface area contributed by atoms with Gasteiger partial charge in [0.1, 0.15) is 0 Å². The topological polar surface area (TPSA) is 81.7 Å². The smallest absolute Gasteiger partial charge is 0.226 e. The fraction of sp³-hybridized carbons (Fsp3) is 0.846. The van der Waals surface area contributed by atoms with Crippen LogP contribution in [0.5, 0.6) is 0 Å². The van der Waals surface area contributed by atoms with Crippen molar-refractivity contribution >= 4 is 9.84 Å². The molecule has 0 aromatic heterocycles. The summed E-state index contributed by atoms with van der Waals surface area (Å²) in [6.07, 6.45) is 0.429. The van der Waals surface area contributed by atoms with Crippen LogP contribution in [0.4, 0.5) is 0 Å². The molecule has 0 heterocycles. The Kier molecular flexibility index (Phi) is 4.97. The lowest BCUT2D eigenvalue weighted by molar-refractivity contribution is 0.276. The predicted octanol–water partition coefficient (Wildman–Crippen LogP) is 2.67. The molecule has 1 unspecified atom stereocenters. The summed E-state index contributed by atoms with van der Waals surface area (Å²) in [5, 5.41) is 15.4. The summed E-state index contributed by atoms with van der Waals surface area (Å²) in [6.45, 7) is 11.3. The van der Waals surface area contributed by atoms with Crippen LogP contribution in [0.25, 0.3) is 0 Å². The van der Waals surface area contributed by atoms with E-state index in [1.165, 1.54) is 0 Å². The Bertz CT molecular complexity index is 453. The van der Waals surface area contributed by atoms with Crippen molar-refractivity contribution in [3.05, 3.63) is 0 Å². The van der Waals surface area contributed by atoms with E-state index >= 15 is 0 Å². The SMILES string of the molecule is CC(C)(C)CC(C(C)(C)C)S(=O)(=O)C(C#N)C#N. The van der Waals surface area contributed by atoms with Crippen molar-refractivity contribution < 1.29 is 8.42 Å². The van der Waals surface area contributed by atoms with E-state index in [-0.39, 0.29) is 5.41 Å². The van der Waals surface area contributed by atoms with Gasteiger partial charge in [-0.15, -0.1) is 0 Å². The van der Waals surface area contributed by atoms with Gasteiger partial charge in [0.2, 0.25) is 5.25 Å². The molecule has 0 saturated carbocycles. The molecule has 0 aliphatic heterocycles. The first-order valence-electron chi connectivity index (χ1n) is 5.88. The van der Waals surface area contributed by atoms with Crippen LogP contribution < -0.4 is 0 Å². The van der Waals surface area contributed by atoms with Crippen LogP contribution in [0.15, 0.2) is 0 Å². The zero-order chi connectivity index (χ0) is 14.8. The van der Waals surface area contributed by atoms with Crippen LogP contribution in [-0.4, -0.2) is 18.9 Å². The van der Waals surface area contributed by atoms with Crippen molar-refractivity contribution in [1.82, 2.24) is 0 Å². The molecule has 0 aliphatic carbocycles. The second kappa shape index (κ2) is 5.28. The lowest BCUT2D eigenvalue weighted by Crippen LogP contribution is -2.42. The van der Waals surface area contributed by atoms with Gasteiger partial charge < -0.3 is 0 Å². The van der Waals surface area contributed by atoms with E-state index in [2.05, 4.69) is 0 Å². The molecule has 1 atom stereocenters. The van der Waals surface area contributed by atoms with Crippen molar-refractivity contribution in [2.45, 2.75) is 58.5 Å². The van der Waals surface area contributed by atoms with Gasteiger partial charge in [0.15, 0.2) is 9.84 Å². The zero-order valence-electron chi connectivity index (χ0n) is 12.0. The summed E-state index contributed by atoms with van der Waals surface area (Å²) in [5.74, 6) is 0. The maximum atomic E-state index is 12.4. The lowest BCUT2D eigenvalue weighted by Gasteiger charge is -2.35. The Morgan fingerprint density at radius 2 is 1.39 bits per heavy atom. The lowest BCUT2D eigenvalue weighted by atomic mass is 9.81. The highest BCUT2D eigenvalue weighted by atomic mass is 32.2. The first kappa shape index (κ1) is 16.9. The summed E-state index contributed by atoms with van der Waals surface area (Å²) in [5.41, 5.74) is -0.682. The van der Waals surface area contributed by atoms with E-state index in [4.69, 9.17) is 10.5 Å². The molecule has 0 bridgehead atoms. The van der Waals surface area contributed by atoms with E-state index < -0.39 is 25.8 Å². The van der Waals surface area contributed by atoms with Crippen LogP contribution in [0.2, 0.25) is 0 Å². The number of rotatable bonds is 3. The van der Waals surface area contributed by atoms with E-state index in [1.807, 2.05) is 41.5 Å². The molecule has 18 heavy (non-hydrogen) atoms. The predicted molar refractivity (Wildman–Crippen MR) is 71.2 cm³/mol. The average molecular weight is 270 g/mol.